The molecule has 7 nitrogen and oxygen atoms in total. The molecule has 0 radical (unpaired) electrons. The second kappa shape index (κ2) is 6.64. The number of carbonyl (C=O) groups is 1. The van der Waals surface area contributed by atoms with Gasteiger partial charge in [-0.05, 0) is 24.3 Å². The molecule has 0 unspecified atom stereocenters. The van der Waals surface area contributed by atoms with Crippen LogP contribution in [0.1, 0.15) is 10.5 Å². The van der Waals surface area contributed by atoms with E-state index in [1.54, 1.807) is 36.4 Å². The molecule has 0 aliphatic carbocycles. The number of aromatic hydroxyl groups is 1. The van der Waals surface area contributed by atoms with E-state index in [9.17, 15) is 9.90 Å². The fraction of sp³-hybridized carbons (Fsp3) is 0.167. The Morgan fingerprint density at radius 2 is 1.68 bits per heavy atom. The van der Waals surface area contributed by atoms with Crippen molar-refractivity contribution in [2.75, 3.05) is 26.6 Å². The lowest BCUT2D eigenvalue weighted by Gasteiger charge is -2.14. The quantitative estimate of drug-likeness (QED) is 0.662. The van der Waals surface area contributed by atoms with E-state index >= 15 is 0 Å². The van der Waals surface area contributed by atoms with E-state index in [1.807, 2.05) is 0 Å². The summed E-state index contributed by atoms with van der Waals surface area (Å²) in [7, 11) is 4.53. The third kappa shape index (κ3) is 3.16. The average molecular weight is 342 g/mol. The number of ether oxygens (including phenoxy) is 3. The van der Waals surface area contributed by atoms with Crippen molar-refractivity contribution < 1.29 is 24.1 Å². The summed E-state index contributed by atoms with van der Waals surface area (Å²) in [4.78, 5) is 15.5. The SMILES string of the molecule is COc1cc(NC(=O)c2cc3cc(O)ccc3[nH]2)cc(OC)c1OC. The smallest absolute Gasteiger partial charge is 0.272 e. The van der Waals surface area contributed by atoms with Crippen molar-refractivity contribution in [1.82, 2.24) is 4.98 Å². The highest BCUT2D eigenvalue weighted by Crippen LogP contribution is 2.40. The number of aromatic nitrogens is 1. The van der Waals surface area contributed by atoms with Gasteiger partial charge in [0.15, 0.2) is 11.5 Å². The van der Waals surface area contributed by atoms with E-state index in [2.05, 4.69) is 10.3 Å². The lowest BCUT2D eigenvalue weighted by molar-refractivity contribution is 0.102. The van der Waals surface area contributed by atoms with Gasteiger partial charge in [0.2, 0.25) is 5.75 Å². The number of carbonyl (C=O) groups excluding carboxylic acids is 1. The molecule has 3 aromatic rings. The average Bonchev–Trinajstić information content (AvgIpc) is 3.04. The van der Waals surface area contributed by atoms with Gasteiger partial charge in [-0.15, -0.1) is 0 Å². The highest BCUT2D eigenvalue weighted by Gasteiger charge is 2.16. The maximum atomic E-state index is 12.5. The minimum atomic E-state index is -0.329. The number of H-pyrrole nitrogens is 1. The van der Waals surface area contributed by atoms with Gasteiger partial charge in [0, 0.05) is 28.7 Å². The van der Waals surface area contributed by atoms with Crippen LogP contribution >= 0.6 is 0 Å². The number of benzene rings is 2. The molecule has 0 atom stereocenters. The maximum absolute atomic E-state index is 12.5. The first-order valence-corrected chi connectivity index (χ1v) is 7.48. The van der Waals surface area contributed by atoms with Crippen LogP contribution in [0.4, 0.5) is 5.69 Å². The van der Waals surface area contributed by atoms with Crippen LogP contribution in [0, 0.1) is 0 Å². The number of amides is 1. The Kier molecular flexibility index (Phi) is 4.38. The molecule has 3 rings (SSSR count). The van der Waals surface area contributed by atoms with Crippen LogP contribution in [0.25, 0.3) is 10.9 Å². The summed E-state index contributed by atoms with van der Waals surface area (Å²) >= 11 is 0. The Labute approximate surface area is 144 Å². The topological polar surface area (TPSA) is 92.8 Å². The summed E-state index contributed by atoms with van der Waals surface area (Å²) in [6.07, 6.45) is 0. The monoisotopic (exact) mass is 342 g/mol. The zero-order valence-electron chi connectivity index (χ0n) is 14.0. The van der Waals surface area contributed by atoms with Crippen LogP contribution < -0.4 is 19.5 Å². The molecule has 2 aromatic carbocycles. The van der Waals surface area contributed by atoms with Crippen LogP contribution in [0.15, 0.2) is 36.4 Å². The molecule has 0 saturated heterocycles. The van der Waals surface area contributed by atoms with Gasteiger partial charge in [-0.2, -0.15) is 0 Å². The van der Waals surface area contributed by atoms with Crippen LogP contribution in [-0.4, -0.2) is 37.3 Å². The first-order valence-electron chi connectivity index (χ1n) is 7.48. The third-order valence-electron chi connectivity index (χ3n) is 3.77. The minimum absolute atomic E-state index is 0.142. The number of phenolic OH excluding ortho intramolecular Hbond substituents is 1. The van der Waals surface area contributed by atoms with Gasteiger partial charge in [-0.1, -0.05) is 0 Å². The van der Waals surface area contributed by atoms with Gasteiger partial charge in [-0.25, -0.2) is 0 Å². The number of hydrogen-bond acceptors (Lipinski definition) is 5. The predicted octanol–water partition coefficient (Wildman–Crippen LogP) is 3.15. The standard InChI is InChI=1S/C18H18N2O5/c1-23-15-8-11(9-16(24-2)17(15)25-3)19-18(22)14-7-10-6-12(21)4-5-13(10)20-14/h4-9,20-21H,1-3H3,(H,19,22). The number of phenols is 1. The lowest BCUT2D eigenvalue weighted by Crippen LogP contribution is -2.12. The second-order valence-electron chi connectivity index (χ2n) is 5.32. The Morgan fingerprint density at radius 1 is 1.00 bits per heavy atom. The van der Waals surface area contributed by atoms with Gasteiger partial charge < -0.3 is 29.6 Å². The molecule has 3 N–H and O–H groups in total. The molecule has 0 aliphatic heterocycles. The molecular formula is C18H18N2O5. The van der Waals surface area contributed by atoms with E-state index in [4.69, 9.17) is 14.2 Å². The number of fused-ring (bicyclic) bond motifs is 1. The molecule has 0 spiro atoms. The Morgan fingerprint density at radius 3 is 2.28 bits per heavy atom. The van der Waals surface area contributed by atoms with Crippen molar-refractivity contribution in [2.45, 2.75) is 0 Å². The van der Waals surface area contributed by atoms with Gasteiger partial charge in [0.05, 0.1) is 21.3 Å². The molecule has 0 bridgehead atoms. The van der Waals surface area contributed by atoms with E-state index in [0.717, 1.165) is 10.9 Å². The Bertz CT molecular complexity index is 907. The van der Waals surface area contributed by atoms with E-state index < -0.39 is 0 Å². The fourth-order valence-electron chi connectivity index (χ4n) is 2.59. The van der Waals surface area contributed by atoms with Crippen molar-refractivity contribution in [3.05, 3.63) is 42.1 Å². The highest BCUT2D eigenvalue weighted by atomic mass is 16.5. The summed E-state index contributed by atoms with van der Waals surface area (Å²) in [5.41, 5.74) is 1.63. The van der Waals surface area contributed by atoms with Gasteiger partial charge >= 0.3 is 0 Å². The molecule has 1 heterocycles. The van der Waals surface area contributed by atoms with Crippen LogP contribution in [0.5, 0.6) is 23.0 Å². The molecule has 25 heavy (non-hydrogen) atoms. The molecule has 130 valence electrons. The summed E-state index contributed by atoms with van der Waals surface area (Å²) in [5.74, 6) is 1.15. The minimum Gasteiger partial charge on any atom is -0.508 e. The van der Waals surface area contributed by atoms with Crippen LogP contribution in [0.3, 0.4) is 0 Å². The van der Waals surface area contributed by atoms with Crippen molar-refractivity contribution in [3.63, 3.8) is 0 Å². The molecule has 0 saturated carbocycles. The number of methoxy groups -OCH3 is 3. The summed E-state index contributed by atoms with van der Waals surface area (Å²) < 4.78 is 15.8. The Hall–Kier alpha value is -3.35. The molecule has 0 fully saturated rings. The first kappa shape index (κ1) is 16.5. The van der Waals surface area contributed by atoms with Crippen LogP contribution in [-0.2, 0) is 0 Å². The number of hydrogen-bond donors (Lipinski definition) is 3. The number of aromatic amines is 1. The fourth-order valence-corrected chi connectivity index (χ4v) is 2.59. The molecule has 1 amide bonds. The normalized spacial score (nSPS) is 10.5. The van der Waals surface area contributed by atoms with Crippen LogP contribution in [0.2, 0.25) is 0 Å². The van der Waals surface area contributed by atoms with Crippen molar-refractivity contribution in [1.29, 1.82) is 0 Å². The van der Waals surface area contributed by atoms with Crippen molar-refractivity contribution in [3.8, 4) is 23.0 Å². The second-order valence-corrected chi connectivity index (χ2v) is 5.32. The summed E-state index contributed by atoms with van der Waals surface area (Å²) in [6.45, 7) is 0. The first-order chi connectivity index (χ1) is 12.0. The van der Waals surface area contributed by atoms with E-state index in [-0.39, 0.29) is 11.7 Å². The number of anilines is 1. The molecule has 7 heteroatoms. The summed E-state index contributed by atoms with van der Waals surface area (Å²) in [6, 6.07) is 9.81. The van der Waals surface area contributed by atoms with Crippen molar-refractivity contribution >= 4 is 22.5 Å². The van der Waals surface area contributed by atoms with Crippen molar-refractivity contribution in [2.24, 2.45) is 0 Å². The molecule has 0 aliphatic rings. The van der Waals surface area contributed by atoms with E-state index in [0.29, 0.717) is 28.6 Å². The van der Waals surface area contributed by atoms with Gasteiger partial charge in [0.1, 0.15) is 11.4 Å². The summed E-state index contributed by atoms with van der Waals surface area (Å²) in [5, 5.41) is 13.1. The lowest BCUT2D eigenvalue weighted by atomic mass is 10.2. The largest absolute Gasteiger partial charge is 0.508 e. The van der Waals surface area contributed by atoms with E-state index in [1.165, 1.54) is 21.3 Å². The van der Waals surface area contributed by atoms with Gasteiger partial charge in [0.25, 0.3) is 5.91 Å². The Balaban J connectivity index is 1.91. The molecular weight excluding hydrogens is 324 g/mol. The number of nitrogens with one attached hydrogen (secondary N) is 2. The predicted molar refractivity (Wildman–Crippen MR) is 94.0 cm³/mol. The third-order valence-corrected chi connectivity index (χ3v) is 3.77. The number of rotatable bonds is 5. The van der Waals surface area contributed by atoms with Gasteiger partial charge in [-0.3, -0.25) is 4.79 Å². The maximum Gasteiger partial charge on any atom is 0.272 e. The zero-order chi connectivity index (χ0) is 18.0. The highest BCUT2D eigenvalue weighted by molar-refractivity contribution is 6.06. The molecule has 1 aromatic heterocycles. The zero-order valence-corrected chi connectivity index (χ0v) is 14.0.